The van der Waals surface area contributed by atoms with Gasteiger partial charge in [0.2, 0.25) is 15.9 Å². The lowest BCUT2D eigenvalue weighted by Crippen LogP contribution is -2.54. The fourth-order valence-electron chi connectivity index (χ4n) is 3.47. The maximum atomic E-state index is 13.0. The molecule has 2 aromatic carbocycles. The summed E-state index contributed by atoms with van der Waals surface area (Å²) in [6.07, 6.45) is 0.633. The zero-order valence-electron chi connectivity index (χ0n) is 16.2. The summed E-state index contributed by atoms with van der Waals surface area (Å²) in [6.45, 7) is 5.38. The minimum atomic E-state index is -3.58. The van der Waals surface area contributed by atoms with Crippen molar-refractivity contribution in [3.05, 3.63) is 42.5 Å². The van der Waals surface area contributed by atoms with E-state index in [4.69, 9.17) is 5.73 Å². The third-order valence-electron chi connectivity index (χ3n) is 4.95. The van der Waals surface area contributed by atoms with Crippen molar-refractivity contribution in [3.63, 3.8) is 0 Å². The van der Waals surface area contributed by atoms with Gasteiger partial charge in [0.1, 0.15) is 0 Å². The second-order valence-corrected chi connectivity index (χ2v) is 9.41. The molecule has 1 saturated heterocycles. The van der Waals surface area contributed by atoms with Crippen LogP contribution >= 0.6 is 12.4 Å². The van der Waals surface area contributed by atoms with E-state index in [2.05, 4.69) is 0 Å². The molecule has 0 aliphatic carbocycles. The summed E-state index contributed by atoms with van der Waals surface area (Å²) in [5, 5.41) is 1.90. The van der Waals surface area contributed by atoms with Crippen molar-refractivity contribution in [1.82, 2.24) is 9.21 Å². The molecule has 1 atom stereocenters. The van der Waals surface area contributed by atoms with E-state index in [0.717, 1.165) is 10.8 Å². The minimum Gasteiger partial charge on any atom is -0.339 e. The average molecular weight is 426 g/mol. The Morgan fingerprint density at radius 1 is 1.04 bits per heavy atom. The van der Waals surface area contributed by atoms with Gasteiger partial charge in [-0.2, -0.15) is 4.31 Å². The quantitative estimate of drug-likeness (QED) is 0.797. The first kappa shape index (κ1) is 22.6. The first-order valence-electron chi connectivity index (χ1n) is 9.32. The highest BCUT2D eigenvalue weighted by molar-refractivity contribution is 7.89. The first-order chi connectivity index (χ1) is 12.8. The molecule has 3 rings (SSSR count). The first-order valence-corrected chi connectivity index (χ1v) is 10.8. The molecule has 0 bridgehead atoms. The minimum absolute atomic E-state index is 0. The molecule has 0 aromatic heterocycles. The number of nitrogens with two attached hydrogens (primary N) is 1. The second-order valence-electron chi connectivity index (χ2n) is 7.47. The van der Waals surface area contributed by atoms with Crippen LogP contribution in [0.3, 0.4) is 0 Å². The molecule has 1 fully saturated rings. The summed E-state index contributed by atoms with van der Waals surface area (Å²) in [4.78, 5) is 14.4. The van der Waals surface area contributed by atoms with E-state index in [0.29, 0.717) is 25.4 Å². The number of carbonyl (C=O) groups excluding carboxylic acids is 1. The summed E-state index contributed by atoms with van der Waals surface area (Å²) in [7, 11) is -3.58. The van der Waals surface area contributed by atoms with Crippen LogP contribution in [0.2, 0.25) is 0 Å². The lowest BCUT2D eigenvalue weighted by atomic mass is 10.0. The smallest absolute Gasteiger partial charge is 0.243 e. The Bertz CT molecular complexity index is 925. The van der Waals surface area contributed by atoms with E-state index in [1.54, 1.807) is 17.0 Å². The molecule has 154 valence electrons. The number of benzene rings is 2. The summed E-state index contributed by atoms with van der Waals surface area (Å²) in [5.74, 6) is 0.255. The molecular formula is C20H28ClN3O3S. The number of halogens is 1. The molecular weight excluding hydrogens is 398 g/mol. The molecule has 0 spiro atoms. The van der Waals surface area contributed by atoms with Crippen molar-refractivity contribution in [2.24, 2.45) is 11.7 Å². The van der Waals surface area contributed by atoms with E-state index < -0.39 is 16.1 Å². The Hall–Kier alpha value is -1.67. The second kappa shape index (κ2) is 9.22. The molecule has 0 saturated carbocycles. The van der Waals surface area contributed by atoms with E-state index >= 15 is 0 Å². The van der Waals surface area contributed by atoms with E-state index in [9.17, 15) is 13.2 Å². The van der Waals surface area contributed by atoms with Gasteiger partial charge in [-0.3, -0.25) is 4.79 Å². The third kappa shape index (κ3) is 4.84. The molecule has 6 nitrogen and oxygen atoms in total. The summed E-state index contributed by atoms with van der Waals surface area (Å²) in [6, 6.07) is 12.3. The van der Waals surface area contributed by atoms with Gasteiger partial charge in [-0.05, 0) is 35.2 Å². The molecule has 8 heteroatoms. The van der Waals surface area contributed by atoms with Gasteiger partial charge in [-0.25, -0.2) is 8.42 Å². The number of piperazine rings is 1. The van der Waals surface area contributed by atoms with E-state index in [-0.39, 0.29) is 36.3 Å². The normalized spacial score (nSPS) is 16.8. The van der Waals surface area contributed by atoms with Gasteiger partial charge >= 0.3 is 0 Å². The van der Waals surface area contributed by atoms with E-state index in [1.807, 2.05) is 44.2 Å². The molecule has 0 unspecified atom stereocenters. The number of amides is 1. The molecule has 28 heavy (non-hydrogen) atoms. The zero-order chi connectivity index (χ0) is 19.6. The van der Waals surface area contributed by atoms with Gasteiger partial charge in [0, 0.05) is 26.2 Å². The van der Waals surface area contributed by atoms with Crippen molar-refractivity contribution >= 4 is 39.1 Å². The zero-order valence-corrected chi connectivity index (χ0v) is 17.9. The molecule has 1 amide bonds. The summed E-state index contributed by atoms with van der Waals surface area (Å²) >= 11 is 0. The predicted molar refractivity (Wildman–Crippen MR) is 114 cm³/mol. The number of hydrogen-bond donors (Lipinski definition) is 1. The third-order valence-corrected chi connectivity index (χ3v) is 6.85. The highest BCUT2D eigenvalue weighted by Gasteiger charge is 2.31. The van der Waals surface area contributed by atoms with Crippen LogP contribution in [0.5, 0.6) is 0 Å². The van der Waals surface area contributed by atoms with Crippen LogP contribution in [0.1, 0.15) is 20.3 Å². The summed E-state index contributed by atoms with van der Waals surface area (Å²) in [5.41, 5.74) is 5.99. The molecule has 1 aliphatic heterocycles. The molecule has 1 heterocycles. The van der Waals surface area contributed by atoms with Crippen molar-refractivity contribution in [1.29, 1.82) is 0 Å². The monoisotopic (exact) mass is 425 g/mol. The van der Waals surface area contributed by atoms with Gasteiger partial charge in [0.15, 0.2) is 0 Å². The topological polar surface area (TPSA) is 83.7 Å². The number of rotatable bonds is 5. The number of sulfonamides is 1. The fraction of sp³-hybridized carbons (Fsp3) is 0.450. The maximum absolute atomic E-state index is 13.0. The fourth-order valence-corrected chi connectivity index (χ4v) is 4.93. The van der Waals surface area contributed by atoms with Crippen LogP contribution in [0.25, 0.3) is 10.8 Å². The van der Waals surface area contributed by atoms with Crippen LogP contribution in [-0.2, 0) is 14.8 Å². The number of nitrogens with zero attached hydrogens (tertiary/aromatic N) is 2. The average Bonchev–Trinajstić information content (AvgIpc) is 2.66. The number of carbonyl (C=O) groups is 1. The number of hydrogen-bond acceptors (Lipinski definition) is 4. The predicted octanol–water partition coefficient (Wildman–Crippen LogP) is 2.47. The van der Waals surface area contributed by atoms with Gasteiger partial charge in [0.25, 0.3) is 0 Å². The standard InChI is InChI=1S/C20H27N3O3S.ClH/c1-15(2)13-19(21)20(24)22-9-11-23(12-10-22)27(25,26)18-8-7-16-5-3-4-6-17(16)14-18;/h3-8,14-15,19H,9-13,21H2,1-2H3;1H/t19-;/m0./s1. The lowest BCUT2D eigenvalue weighted by molar-refractivity contribution is -0.134. The van der Waals surface area contributed by atoms with Crippen LogP contribution in [-0.4, -0.2) is 55.8 Å². The maximum Gasteiger partial charge on any atom is 0.243 e. The SMILES string of the molecule is CC(C)C[C@H](N)C(=O)N1CCN(S(=O)(=O)c2ccc3ccccc3c2)CC1.Cl. The van der Waals surface area contributed by atoms with Crippen LogP contribution in [0.15, 0.2) is 47.4 Å². The van der Waals surface area contributed by atoms with Crippen molar-refractivity contribution < 1.29 is 13.2 Å². The Morgan fingerprint density at radius 3 is 2.25 bits per heavy atom. The summed E-state index contributed by atoms with van der Waals surface area (Å²) < 4.78 is 27.4. The van der Waals surface area contributed by atoms with Gasteiger partial charge < -0.3 is 10.6 Å². The van der Waals surface area contributed by atoms with Crippen LogP contribution in [0, 0.1) is 5.92 Å². The molecule has 1 aliphatic rings. The Balaban J connectivity index is 0.00000280. The molecule has 2 aromatic rings. The van der Waals surface area contributed by atoms with Crippen molar-refractivity contribution in [2.75, 3.05) is 26.2 Å². The Labute approximate surface area is 173 Å². The van der Waals surface area contributed by atoms with Crippen LogP contribution < -0.4 is 5.73 Å². The number of fused-ring (bicyclic) bond motifs is 1. The van der Waals surface area contributed by atoms with Crippen LogP contribution in [0.4, 0.5) is 0 Å². The highest BCUT2D eigenvalue weighted by Crippen LogP contribution is 2.23. The Morgan fingerprint density at radius 2 is 1.64 bits per heavy atom. The van der Waals surface area contributed by atoms with Gasteiger partial charge in [0.05, 0.1) is 10.9 Å². The van der Waals surface area contributed by atoms with Gasteiger partial charge in [-0.15, -0.1) is 12.4 Å². The van der Waals surface area contributed by atoms with Crippen molar-refractivity contribution in [3.8, 4) is 0 Å². The molecule has 2 N–H and O–H groups in total. The van der Waals surface area contributed by atoms with Gasteiger partial charge in [-0.1, -0.05) is 44.2 Å². The highest BCUT2D eigenvalue weighted by atomic mass is 35.5. The van der Waals surface area contributed by atoms with Crippen molar-refractivity contribution in [2.45, 2.75) is 31.2 Å². The van der Waals surface area contributed by atoms with E-state index in [1.165, 1.54) is 4.31 Å². The lowest BCUT2D eigenvalue weighted by Gasteiger charge is -2.35. The largest absolute Gasteiger partial charge is 0.339 e. The Kier molecular flexibility index (Phi) is 7.45. The molecule has 0 radical (unpaired) electrons.